The maximum atomic E-state index is 13.4. The van der Waals surface area contributed by atoms with Gasteiger partial charge in [0.05, 0.1) is 6.04 Å². The molecule has 0 aliphatic carbocycles. The number of hydrogen-bond acceptors (Lipinski definition) is 3. The van der Waals surface area contributed by atoms with Gasteiger partial charge in [0.15, 0.2) is 0 Å². The summed E-state index contributed by atoms with van der Waals surface area (Å²) in [5.41, 5.74) is 5.56. The summed E-state index contributed by atoms with van der Waals surface area (Å²) in [5, 5.41) is 11.2. The molecule has 2 atom stereocenters. The molecule has 0 radical (unpaired) electrons. The number of nitrogens with one attached hydrogen (secondary N) is 1. The fourth-order valence-electron chi connectivity index (χ4n) is 1.39. The number of nitrogens with two attached hydrogens (primary N) is 1. The molecule has 1 amide bonds. The van der Waals surface area contributed by atoms with Crippen LogP contribution in [0.3, 0.4) is 0 Å². The molecule has 5 nitrogen and oxygen atoms in total. The molecule has 0 heterocycles. The average Bonchev–Trinajstić information content (AvgIpc) is 2.30. The molecule has 0 fully saturated rings. The number of carboxylic acids is 1. The summed E-state index contributed by atoms with van der Waals surface area (Å²) >= 11 is 0. The molecule has 0 saturated carbocycles. The quantitative estimate of drug-likeness (QED) is 0.704. The van der Waals surface area contributed by atoms with Crippen LogP contribution in [0.25, 0.3) is 0 Å². The lowest BCUT2D eigenvalue weighted by Gasteiger charge is -2.16. The molecule has 0 spiro atoms. The van der Waals surface area contributed by atoms with Crippen LogP contribution < -0.4 is 11.1 Å². The third kappa shape index (κ3) is 3.81. The van der Waals surface area contributed by atoms with Crippen molar-refractivity contribution >= 4 is 11.9 Å². The normalized spacial score (nSPS) is 13.7. The Morgan fingerprint density at radius 2 is 2.06 bits per heavy atom. The van der Waals surface area contributed by atoms with E-state index >= 15 is 0 Å². The SMILES string of the molecule is C[C@@H](N)C(=O)NC(Cc1ccccc1F)C(=O)O. The highest BCUT2D eigenvalue weighted by Gasteiger charge is 2.22. The van der Waals surface area contributed by atoms with Gasteiger partial charge >= 0.3 is 5.97 Å². The first kappa shape index (κ1) is 14.1. The predicted molar refractivity (Wildman–Crippen MR) is 63.3 cm³/mol. The van der Waals surface area contributed by atoms with Crippen molar-refractivity contribution in [2.75, 3.05) is 0 Å². The van der Waals surface area contributed by atoms with E-state index in [2.05, 4.69) is 5.32 Å². The van der Waals surface area contributed by atoms with Crippen molar-refractivity contribution in [3.8, 4) is 0 Å². The Morgan fingerprint density at radius 3 is 2.56 bits per heavy atom. The van der Waals surface area contributed by atoms with Crippen molar-refractivity contribution < 1.29 is 19.1 Å². The highest BCUT2D eigenvalue weighted by atomic mass is 19.1. The molecule has 1 rings (SSSR count). The first-order valence-electron chi connectivity index (χ1n) is 5.44. The number of carbonyl (C=O) groups excluding carboxylic acids is 1. The standard InChI is InChI=1S/C12H15FN2O3/c1-7(14)11(16)15-10(12(17)18)6-8-4-2-3-5-9(8)13/h2-5,7,10H,6,14H2,1H3,(H,15,16)(H,17,18)/t7-,10?/m1/s1. The summed E-state index contributed by atoms with van der Waals surface area (Å²) in [6.07, 6.45) is -0.125. The van der Waals surface area contributed by atoms with Gasteiger partial charge in [-0.2, -0.15) is 0 Å². The zero-order valence-electron chi connectivity index (χ0n) is 9.89. The van der Waals surface area contributed by atoms with Crippen molar-refractivity contribution in [2.24, 2.45) is 5.73 Å². The molecule has 0 saturated heterocycles. The minimum absolute atomic E-state index is 0.125. The minimum atomic E-state index is -1.23. The Morgan fingerprint density at radius 1 is 1.44 bits per heavy atom. The highest BCUT2D eigenvalue weighted by Crippen LogP contribution is 2.09. The van der Waals surface area contributed by atoms with Crippen LogP contribution in [0.5, 0.6) is 0 Å². The molecule has 1 aromatic rings. The maximum absolute atomic E-state index is 13.4. The van der Waals surface area contributed by atoms with E-state index in [4.69, 9.17) is 10.8 Å². The van der Waals surface area contributed by atoms with E-state index in [1.54, 1.807) is 6.07 Å². The van der Waals surface area contributed by atoms with Crippen molar-refractivity contribution in [3.05, 3.63) is 35.6 Å². The number of hydrogen-bond donors (Lipinski definition) is 3. The second kappa shape index (κ2) is 6.11. The third-order valence-electron chi connectivity index (χ3n) is 2.41. The molecule has 1 aromatic carbocycles. The number of carbonyl (C=O) groups is 2. The summed E-state index contributed by atoms with van der Waals surface area (Å²) in [5.74, 6) is -2.32. The minimum Gasteiger partial charge on any atom is -0.480 e. The van der Waals surface area contributed by atoms with Gasteiger partial charge in [-0.15, -0.1) is 0 Å². The van der Waals surface area contributed by atoms with Crippen molar-refractivity contribution in [1.82, 2.24) is 5.32 Å². The molecule has 4 N–H and O–H groups in total. The van der Waals surface area contributed by atoms with E-state index in [9.17, 15) is 14.0 Å². The van der Waals surface area contributed by atoms with Crippen LogP contribution in [-0.4, -0.2) is 29.1 Å². The van der Waals surface area contributed by atoms with Gasteiger partial charge in [-0.1, -0.05) is 18.2 Å². The van der Waals surface area contributed by atoms with Crippen molar-refractivity contribution in [2.45, 2.75) is 25.4 Å². The van der Waals surface area contributed by atoms with Gasteiger partial charge in [-0.05, 0) is 18.6 Å². The van der Waals surface area contributed by atoms with Crippen LogP contribution in [0.1, 0.15) is 12.5 Å². The lowest BCUT2D eigenvalue weighted by atomic mass is 10.1. The fraction of sp³-hybridized carbons (Fsp3) is 0.333. The second-order valence-electron chi connectivity index (χ2n) is 3.98. The van der Waals surface area contributed by atoms with E-state index in [1.165, 1.54) is 25.1 Å². The Bertz CT molecular complexity index is 449. The zero-order valence-corrected chi connectivity index (χ0v) is 9.89. The number of amides is 1. The largest absolute Gasteiger partial charge is 0.480 e. The molecule has 18 heavy (non-hydrogen) atoms. The lowest BCUT2D eigenvalue weighted by molar-refractivity contribution is -0.141. The molecule has 6 heteroatoms. The zero-order chi connectivity index (χ0) is 13.7. The topological polar surface area (TPSA) is 92.4 Å². The first-order valence-corrected chi connectivity index (χ1v) is 5.44. The summed E-state index contributed by atoms with van der Waals surface area (Å²) < 4.78 is 13.4. The molecule has 0 aromatic heterocycles. The van der Waals surface area contributed by atoms with Gasteiger partial charge < -0.3 is 16.2 Å². The van der Waals surface area contributed by atoms with Crippen LogP contribution in [0.4, 0.5) is 4.39 Å². The Labute approximate surface area is 104 Å². The molecule has 0 bridgehead atoms. The Hall–Kier alpha value is -1.95. The number of carboxylic acid groups (broad SMARTS) is 1. The van der Waals surface area contributed by atoms with Crippen LogP contribution in [0.2, 0.25) is 0 Å². The number of rotatable bonds is 5. The number of benzene rings is 1. The van der Waals surface area contributed by atoms with Crippen LogP contribution >= 0.6 is 0 Å². The third-order valence-corrected chi connectivity index (χ3v) is 2.41. The second-order valence-corrected chi connectivity index (χ2v) is 3.98. The summed E-state index contributed by atoms with van der Waals surface area (Å²) in [6, 6.07) is 3.82. The number of halogens is 1. The van der Waals surface area contributed by atoms with Gasteiger partial charge in [0, 0.05) is 6.42 Å². The molecule has 0 aliphatic rings. The average molecular weight is 254 g/mol. The summed E-state index contributed by atoms with van der Waals surface area (Å²) in [4.78, 5) is 22.3. The lowest BCUT2D eigenvalue weighted by Crippen LogP contribution is -2.48. The molecular formula is C12H15FN2O3. The van der Waals surface area contributed by atoms with Gasteiger partial charge in [0.2, 0.25) is 5.91 Å². The Kier molecular flexibility index (Phi) is 4.79. The fourth-order valence-corrected chi connectivity index (χ4v) is 1.39. The molecular weight excluding hydrogens is 239 g/mol. The van der Waals surface area contributed by atoms with Gasteiger partial charge in [0.1, 0.15) is 11.9 Å². The van der Waals surface area contributed by atoms with E-state index in [0.717, 1.165) is 0 Å². The van der Waals surface area contributed by atoms with Crippen molar-refractivity contribution in [1.29, 1.82) is 0 Å². The van der Waals surface area contributed by atoms with Gasteiger partial charge in [-0.25, -0.2) is 9.18 Å². The Balaban J connectivity index is 2.79. The van der Waals surface area contributed by atoms with E-state index in [-0.39, 0.29) is 12.0 Å². The van der Waals surface area contributed by atoms with E-state index in [0.29, 0.717) is 0 Å². The monoisotopic (exact) mass is 254 g/mol. The molecule has 98 valence electrons. The highest BCUT2D eigenvalue weighted by molar-refractivity contribution is 5.86. The van der Waals surface area contributed by atoms with Crippen molar-refractivity contribution in [3.63, 3.8) is 0 Å². The molecule has 0 aliphatic heterocycles. The van der Waals surface area contributed by atoms with Gasteiger partial charge in [0.25, 0.3) is 0 Å². The maximum Gasteiger partial charge on any atom is 0.326 e. The van der Waals surface area contributed by atoms with Crippen LogP contribution in [0.15, 0.2) is 24.3 Å². The molecule has 1 unspecified atom stereocenters. The van der Waals surface area contributed by atoms with Gasteiger partial charge in [-0.3, -0.25) is 4.79 Å². The van der Waals surface area contributed by atoms with E-state index < -0.39 is 29.8 Å². The summed E-state index contributed by atoms with van der Waals surface area (Å²) in [7, 11) is 0. The first-order chi connectivity index (χ1) is 8.41. The number of aliphatic carboxylic acids is 1. The summed E-state index contributed by atoms with van der Waals surface area (Å²) in [6.45, 7) is 1.44. The smallest absolute Gasteiger partial charge is 0.326 e. The van der Waals surface area contributed by atoms with Crippen LogP contribution in [0, 0.1) is 5.82 Å². The van der Waals surface area contributed by atoms with Crippen LogP contribution in [-0.2, 0) is 16.0 Å². The van der Waals surface area contributed by atoms with E-state index in [1.807, 2.05) is 0 Å². The predicted octanol–water partition coefficient (Wildman–Crippen LogP) is 0.285.